The first-order valence-corrected chi connectivity index (χ1v) is 7.22. The van der Waals surface area contributed by atoms with Gasteiger partial charge in [0.2, 0.25) is 0 Å². The lowest BCUT2D eigenvalue weighted by atomic mass is 10.0. The molecular weight excluding hydrogens is 234 g/mol. The number of hydrogen-bond acceptors (Lipinski definition) is 3. The van der Waals surface area contributed by atoms with E-state index in [-0.39, 0.29) is 0 Å². The Morgan fingerprint density at radius 1 is 1.11 bits per heavy atom. The first kappa shape index (κ1) is 16.2. The van der Waals surface area contributed by atoms with Gasteiger partial charge in [-0.15, -0.1) is 0 Å². The van der Waals surface area contributed by atoms with Crippen LogP contribution >= 0.6 is 0 Å². The van der Waals surface area contributed by atoms with E-state index in [1.807, 2.05) is 0 Å². The fraction of sp³-hybridized carbons (Fsp3) is 0.625. The second kappa shape index (κ2) is 8.31. The van der Waals surface area contributed by atoms with Crippen LogP contribution in [-0.2, 0) is 13.1 Å². The molecule has 1 rings (SSSR count). The third-order valence-corrected chi connectivity index (χ3v) is 3.44. The van der Waals surface area contributed by atoms with Crippen LogP contribution in [0.4, 0.5) is 0 Å². The average molecular weight is 263 g/mol. The van der Waals surface area contributed by atoms with Crippen molar-refractivity contribution in [2.45, 2.75) is 33.4 Å². The second-order valence-corrected chi connectivity index (χ2v) is 5.54. The minimum absolute atomic E-state index is 0.625. The van der Waals surface area contributed by atoms with Crippen molar-refractivity contribution in [3.8, 4) is 0 Å². The molecule has 0 saturated heterocycles. The van der Waals surface area contributed by atoms with Crippen LogP contribution in [-0.4, -0.2) is 43.5 Å². The van der Waals surface area contributed by atoms with Crippen molar-refractivity contribution >= 4 is 0 Å². The van der Waals surface area contributed by atoms with Crippen LogP contribution < -0.4 is 5.73 Å². The number of benzene rings is 1. The highest BCUT2D eigenvalue weighted by Gasteiger charge is 2.08. The van der Waals surface area contributed by atoms with E-state index < -0.39 is 0 Å². The van der Waals surface area contributed by atoms with Gasteiger partial charge in [0.05, 0.1) is 0 Å². The quantitative estimate of drug-likeness (QED) is 0.780. The zero-order valence-electron chi connectivity index (χ0n) is 12.9. The van der Waals surface area contributed by atoms with Crippen LogP contribution in [0.1, 0.15) is 30.0 Å². The van der Waals surface area contributed by atoms with E-state index in [0.717, 1.165) is 26.2 Å². The summed E-state index contributed by atoms with van der Waals surface area (Å²) in [6.45, 7) is 9.49. The molecule has 0 atom stereocenters. The lowest BCUT2D eigenvalue weighted by Crippen LogP contribution is -2.32. The topological polar surface area (TPSA) is 32.5 Å². The van der Waals surface area contributed by atoms with E-state index in [1.165, 1.54) is 23.1 Å². The van der Waals surface area contributed by atoms with Gasteiger partial charge in [-0.2, -0.15) is 0 Å². The molecule has 0 heterocycles. The first-order valence-electron chi connectivity index (χ1n) is 7.22. The van der Waals surface area contributed by atoms with E-state index in [1.54, 1.807) is 0 Å². The highest BCUT2D eigenvalue weighted by molar-refractivity contribution is 5.30. The number of nitrogens with zero attached hydrogens (tertiary/aromatic N) is 2. The van der Waals surface area contributed by atoms with Crippen molar-refractivity contribution in [3.05, 3.63) is 34.9 Å². The molecule has 0 unspecified atom stereocenters. The van der Waals surface area contributed by atoms with Gasteiger partial charge < -0.3 is 10.6 Å². The van der Waals surface area contributed by atoms with Gasteiger partial charge in [0.1, 0.15) is 0 Å². The third kappa shape index (κ3) is 5.72. The lowest BCUT2D eigenvalue weighted by Gasteiger charge is -2.24. The summed E-state index contributed by atoms with van der Waals surface area (Å²) in [7, 11) is 4.26. The summed E-state index contributed by atoms with van der Waals surface area (Å²) < 4.78 is 0. The number of aryl methyl sites for hydroxylation is 1. The molecule has 0 aliphatic heterocycles. The largest absolute Gasteiger partial charge is 0.326 e. The predicted octanol–water partition coefficient (Wildman–Crippen LogP) is 2.23. The second-order valence-electron chi connectivity index (χ2n) is 5.54. The van der Waals surface area contributed by atoms with Crippen LogP contribution in [0.15, 0.2) is 18.2 Å². The zero-order chi connectivity index (χ0) is 14.3. The molecule has 0 saturated carbocycles. The van der Waals surface area contributed by atoms with Crippen molar-refractivity contribution in [1.29, 1.82) is 0 Å². The Labute approximate surface area is 118 Å². The van der Waals surface area contributed by atoms with Gasteiger partial charge in [0, 0.05) is 26.2 Å². The molecule has 1 aromatic rings. The minimum atomic E-state index is 0.625. The van der Waals surface area contributed by atoms with Crippen LogP contribution in [0, 0.1) is 6.92 Å². The molecule has 0 spiro atoms. The smallest absolute Gasteiger partial charge is 0.0236 e. The van der Waals surface area contributed by atoms with Gasteiger partial charge in [-0.25, -0.2) is 0 Å². The van der Waals surface area contributed by atoms with Crippen LogP contribution in [0.3, 0.4) is 0 Å². The Hall–Kier alpha value is -0.900. The van der Waals surface area contributed by atoms with Gasteiger partial charge in [-0.1, -0.05) is 25.1 Å². The summed E-state index contributed by atoms with van der Waals surface area (Å²) in [6.07, 6.45) is 1.20. The first-order chi connectivity index (χ1) is 9.06. The van der Waals surface area contributed by atoms with Crippen molar-refractivity contribution in [2.75, 3.05) is 33.7 Å². The highest BCUT2D eigenvalue weighted by Crippen LogP contribution is 2.13. The van der Waals surface area contributed by atoms with Gasteiger partial charge in [0.15, 0.2) is 0 Å². The third-order valence-electron chi connectivity index (χ3n) is 3.44. The molecule has 0 radical (unpaired) electrons. The molecule has 0 bridgehead atoms. The minimum Gasteiger partial charge on any atom is -0.326 e. The fourth-order valence-corrected chi connectivity index (χ4v) is 2.23. The van der Waals surface area contributed by atoms with E-state index in [4.69, 9.17) is 5.73 Å². The number of nitrogens with two attached hydrogens (primary N) is 1. The molecule has 1 aromatic carbocycles. The zero-order valence-corrected chi connectivity index (χ0v) is 12.9. The standard InChI is InChI=1S/C16H29N3/c1-5-8-19(10-9-18(3)4)13-16-7-6-15(12-17)11-14(16)2/h6-7,11H,5,8-10,12-13,17H2,1-4H3. The van der Waals surface area contributed by atoms with Gasteiger partial charge in [0.25, 0.3) is 0 Å². The van der Waals surface area contributed by atoms with Crippen molar-refractivity contribution in [1.82, 2.24) is 9.80 Å². The molecule has 2 N–H and O–H groups in total. The summed E-state index contributed by atoms with van der Waals surface area (Å²) in [5.74, 6) is 0. The molecular formula is C16H29N3. The molecule has 19 heavy (non-hydrogen) atoms. The van der Waals surface area contributed by atoms with Crippen LogP contribution in [0.5, 0.6) is 0 Å². The molecule has 108 valence electrons. The van der Waals surface area contributed by atoms with E-state index in [0.29, 0.717) is 6.54 Å². The Bertz CT molecular complexity index is 374. The molecule has 3 heteroatoms. The Morgan fingerprint density at radius 2 is 1.84 bits per heavy atom. The van der Waals surface area contributed by atoms with E-state index in [2.05, 4.69) is 55.9 Å². The van der Waals surface area contributed by atoms with Crippen LogP contribution in [0.25, 0.3) is 0 Å². The molecule has 0 aliphatic carbocycles. The van der Waals surface area contributed by atoms with E-state index >= 15 is 0 Å². The summed E-state index contributed by atoms with van der Waals surface area (Å²) in [6, 6.07) is 6.60. The predicted molar refractivity (Wildman–Crippen MR) is 83.2 cm³/mol. The molecule has 0 aliphatic rings. The fourth-order valence-electron chi connectivity index (χ4n) is 2.23. The number of likely N-dealkylation sites (N-methyl/N-ethyl adjacent to an activating group) is 1. The molecule has 0 amide bonds. The molecule has 0 fully saturated rings. The normalized spacial score (nSPS) is 11.5. The maximum Gasteiger partial charge on any atom is 0.0236 e. The highest BCUT2D eigenvalue weighted by atomic mass is 15.2. The average Bonchev–Trinajstić information content (AvgIpc) is 2.38. The summed E-state index contributed by atoms with van der Waals surface area (Å²) >= 11 is 0. The maximum atomic E-state index is 5.68. The number of hydrogen-bond donors (Lipinski definition) is 1. The van der Waals surface area contributed by atoms with Crippen LogP contribution in [0.2, 0.25) is 0 Å². The van der Waals surface area contributed by atoms with Gasteiger partial charge in [-0.3, -0.25) is 4.90 Å². The maximum absolute atomic E-state index is 5.68. The lowest BCUT2D eigenvalue weighted by molar-refractivity contribution is 0.233. The Morgan fingerprint density at radius 3 is 2.37 bits per heavy atom. The Kier molecular flexibility index (Phi) is 7.06. The van der Waals surface area contributed by atoms with Crippen molar-refractivity contribution in [2.24, 2.45) is 5.73 Å². The molecule has 3 nitrogen and oxygen atoms in total. The van der Waals surface area contributed by atoms with Crippen molar-refractivity contribution < 1.29 is 0 Å². The van der Waals surface area contributed by atoms with Gasteiger partial charge in [-0.05, 0) is 50.7 Å². The molecule has 0 aromatic heterocycles. The van der Waals surface area contributed by atoms with E-state index in [9.17, 15) is 0 Å². The number of rotatable bonds is 8. The summed E-state index contributed by atoms with van der Waals surface area (Å²) in [5.41, 5.74) is 9.68. The summed E-state index contributed by atoms with van der Waals surface area (Å²) in [5, 5.41) is 0. The SMILES string of the molecule is CCCN(CCN(C)C)Cc1ccc(CN)cc1C. The summed E-state index contributed by atoms with van der Waals surface area (Å²) in [4.78, 5) is 4.78. The van der Waals surface area contributed by atoms with Crippen molar-refractivity contribution in [3.63, 3.8) is 0 Å². The van der Waals surface area contributed by atoms with Gasteiger partial charge >= 0.3 is 0 Å². The Balaban J connectivity index is 2.67. The monoisotopic (exact) mass is 263 g/mol.